The second-order valence-corrected chi connectivity index (χ2v) is 5.81. The van der Waals surface area contributed by atoms with Crippen molar-refractivity contribution < 1.29 is 9.59 Å². The first kappa shape index (κ1) is 12.6. The van der Waals surface area contributed by atoms with E-state index in [0.717, 1.165) is 20.2 Å². The molecule has 2 heterocycles. The summed E-state index contributed by atoms with van der Waals surface area (Å²) in [7, 11) is 1.87. The number of carbonyl (C=O) groups excluding carboxylic acids is 2. The van der Waals surface area contributed by atoms with Crippen LogP contribution in [-0.2, 0) is 16.6 Å². The van der Waals surface area contributed by atoms with Gasteiger partial charge in [0.25, 0.3) is 0 Å². The van der Waals surface area contributed by atoms with Crippen molar-refractivity contribution in [2.75, 3.05) is 0 Å². The van der Waals surface area contributed by atoms with Gasteiger partial charge in [-0.1, -0.05) is 12.1 Å². The number of benzene rings is 1. The molecule has 1 atom stereocenters. The van der Waals surface area contributed by atoms with Gasteiger partial charge in [-0.3, -0.25) is 19.6 Å². The number of aryl methyl sites for hydroxylation is 1. The maximum Gasteiger partial charge on any atom is 0.235 e. The van der Waals surface area contributed by atoms with E-state index in [2.05, 4.69) is 33.0 Å². The smallest absolute Gasteiger partial charge is 0.235 e. The molecular formula is C13H12IN3O2. The third-order valence-corrected chi connectivity index (χ3v) is 4.28. The Hall–Kier alpha value is -1.44. The first-order valence-corrected chi connectivity index (χ1v) is 7.10. The van der Waals surface area contributed by atoms with E-state index in [1.807, 2.05) is 25.2 Å². The van der Waals surface area contributed by atoms with Crippen molar-refractivity contribution >= 4 is 45.3 Å². The quantitative estimate of drug-likeness (QED) is 0.615. The van der Waals surface area contributed by atoms with Gasteiger partial charge in [0.2, 0.25) is 11.8 Å². The van der Waals surface area contributed by atoms with E-state index >= 15 is 0 Å². The molecule has 0 bridgehead atoms. The van der Waals surface area contributed by atoms with Crippen LogP contribution in [0.4, 0.5) is 0 Å². The fourth-order valence-corrected chi connectivity index (χ4v) is 3.38. The Labute approximate surface area is 123 Å². The van der Waals surface area contributed by atoms with Crippen molar-refractivity contribution in [1.29, 1.82) is 0 Å². The molecule has 6 heteroatoms. The molecule has 0 spiro atoms. The monoisotopic (exact) mass is 369 g/mol. The van der Waals surface area contributed by atoms with E-state index in [9.17, 15) is 9.59 Å². The van der Waals surface area contributed by atoms with Gasteiger partial charge in [0.1, 0.15) is 0 Å². The largest absolute Gasteiger partial charge is 0.296 e. The van der Waals surface area contributed by atoms with Crippen LogP contribution in [0, 0.1) is 3.57 Å². The summed E-state index contributed by atoms with van der Waals surface area (Å²) in [5.74, 6) is -0.772. The molecule has 1 N–H and O–H groups in total. The molecular weight excluding hydrogens is 357 g/mol. The van der Waals surface area contributed by atoms with Crippen molar-refractivity contribution in [3.63, 3.8) is 0 Å². The molecule has 2 aromatic rings. The van der Waals surface area contributed by atoms with Crippen molar-refractivity contribution in [3.05, 3.63) is 27.5 Å². The minimum atomic E-state index is -0.334. The summed E-state index contributed by atoms with van der Waals surface area (Å²) in [5.41, 5.74) is 1.80. The highest BCUT2D eigenvalue weighted by Gasteiger charge is 2.31. The minimum absolute atomic E-state index is 0.198. The number of rotatable bonds is 1. The van der Waals surface area contributed by atoms with Crippen molar-refractivity contribution in [2.24, 2.45) is 7.05 Å². The van der Waals surface area contributed by atoms with Crippen LogP contribution in [0.3, 0.4) is 0 Å². The zero-order chi connectivity index (χ0) is 13.6. The lowest BCUT2D eigenvalue weighted by Crippen LogP contribution is -2.39. The zero-order valence-corrected chi connectivity index (χ0v) is 12.5. The Morgan fingerprint density at radius 3 is 2.95 bits per heavy atom. The number of imide groups is 1. The SMILES string of the molecule is Cn1nc(C2CCC(=O)NC2=O)c2cccc(I)c21. The van der Waals surface area contributed by atoms with Crippen molar-refractivity contribution in [3.8, 4) is 0 Å². The topological polar surface area (TPSA) is 64.0 Å². The molecule has 1 fully saturated rings. The second-order valence-electron chi connectivity index (χ2n) is 4.65. The van der Waals surface area contributed by atoms with Crippen LogP contribution in [0.25, 0.3) is 10.9 Å². The molecule has 1 aromatic carbocycles. The summed E-state index contributed by atoms with van der Waals surface area (Å²) in [5, 5.41) is 7.87. The molecule has 1 saturated heterocycles. The van der Waals surface area contributed by atoms with Crippen LogP contribution < -0.4 is 5.32 Å². The molecule has 0 saturated carbocycles. The van der Waals surface area contributed by atoms with E-state index in [4.69, 9.17) is 0 Å². The highest BCUT2D eigenvalue weighted by atomic mass is 127. The van der Waals surface area contributed by atoms with Crippen LogP contribution in [-0.4, -0.2) is 21.6 Å². The van der Waals surface area contributed by atoms with Gasteiger partial charge in [0.05, 0.1) is 17.1 Å². The number of hydrogen-bond donors (Lipinski definition) is 1. The number of nitrogens with zero attached hydrogens (tertiary/aromatic N) is 2. The van der Waals surface area contributed by atoms with Crippen LogP contribution in [0.2, 0.25) is 0 Å². The number of amides is 2. The predicted octanol–water partition coefficient (Wildman–Crippen LogP) is 1.70. The van der Waals surface area contributed by atoms with Crippen LogP contribution in [0.15, 0.2) is 18.2 Å². The molecule has 0 radical (unpaired) electrons. The highest BCUT2D eigenvalue weighted by molar-refractivity contribution is 14.1. The summed E-state index contributed by atoms with van der Waals surface area (Å²) in [6.07, 6.45) is 0.903. The lowest BCUT2D eigenvalue weighted by molar-refractivity contribution is -0.134. The molecule has 19 heavy (non-hydrogen) atoms. The van der Waals surface area contributed by atoms with Gasteiger partial charge in [-0.25, -0.2) is 0 Å². The standard InChI is InChI=1S/C13H12IN3O2/c1-17-12-7(3-2-4-9(12)14)11(16-17)8-5-6-10(18)15-13(8)19/h2-4,8H,5-6H2,1H3,(H,15,18,19). The minimum Gasteiger partial charge on any atom is -0.296 e. The summed E-state index contributed by atoms with van der Waals surface area (Å²) in [6.45, 7) is 0. The number of piperidine rings is 1. The molecule has 1 unspecified atom stereocenters. The number of halogens is 1. The number of aromatic nitrogens is 2. The highest BCUT2D eigenvalue weighted by Crippen LogP contribution is 2.31. The first-order valence-electron chi connectivity index (χ1n) is 6.02. The number of hydrogen-bond acceptors (Lipinski definition) is 3. The molecule has 1 aliphatic rings. The van der Waals surface area contributed by atoms with E-state index in [-0.39, 0.29) is 17.7 Å². The maximum absolute atomic E-state index is 12.0. The summed E-state index contributed by atoms with van der Waals surface area (Å²) >= 11 is 2.26. The number of nitrogens with one attached hydrogen (secondary N) is 1. The number of para-hydroxylation sites is 1. The van der Waals surface area contributed by atoms with Gasteiger partial charge in [-0.05, 0) is 35.1 Å². The van der Waals surface area contributed by atoms with E-state index in [1.165, 1.54) is 0 Å². The lowest BCUT2D eigenvalue weighted by Gasteiger charge is -2.19. The third kappa shape index (κ3) is 2.03. The van der Waals surface area contributed by atoms with Gasteiger partial charge in [-0.15, -0.1) is 0 Å². The zero-order valence-electron chi connectivity index (χ0n) is 10.3. The van der Waals surface area contributed by atoms with Crippen molar-refractivity contribution in [1.82, 2.24) is 15.1 Å². The van der Waals surface area contributed by atoms with Crippen molar-refractivity contribution in [2.45, 2.75) is 18.8 Å². The van der Waals surface area contributed by atoms with Gasteiger partial charge in [0.15, 0.2) is 0 Å². The number of fused-ring (bicyclic) bond motifs is 1. The lowest BCUT2D eigenvalue weighted by atomic mass is 9.93. The average molecular weight is 369 g/mol. The van der Waals surface area contributed by atoms with Gasteiger partial charge >= 0.3 is 0 Å². The average Bonchev–Trinajstić information content (AvgIpc) is 2.68. The van der Waals surface area contributed by atoms with Gasteiger partial charge in [-0.2, -0.15) is 5.10 Å². The van der Waals surface area contributed by atoms with Gasteiger partial charge < -0.3 is 0 Å². The van der Waals surface area contributed by atoms with E-state index in [1.54, 1.807) is 4.68 Å². The Morgan fingerprint density at radius 2 is 2.21 bits per heavy atom. The molecule has 98 valence electrons. The van der Waals surface area contributed by atoms with Crippen LogP contribution in [0.5, 0.6) is 0 Å². The molecule has 1 aliphatic heterocycles. The maximum atomic E-state index is 12.0. The second kappa shape index (κ2) is 4.59. The Balaban J connectivity index is 2.13. The Bertz CT molecular complexity index is 692. The Kier molecular flexibility index (Phi) is 3.04. The predicted molar refractivity (Wildman–Crippen MR) is 78.6 cm³/mol. The fourth-order valence-electron chi connectivity index (χ4n) is 2.53. The summed E-state index contributed by atoms with van der Waals surface area (Å²) in [4.78, 5) is 23.2. The van der Waals surface area contributed by atoms with E-state index in [0.29, 0.717) is 12.8 Å². The van der Waals surface area contributed by atoms with Crippen LogP contribution in [0.1, 0.15) is 24.5 Å². The summed E-state index contributed by atoms with van der Waals surface area (Å²) in [6, 6.07) is 5.95. The molecule has 3 rings (SSSR count). The molecule has 5 nitrogen and oxygen atoms in total. The first-order chi connectivity index (χ1) is 9.08. The van der Waals surface area contributed by atoms with Crippen LogP contribution >= 0.6 is 22.6 Å². The van der Waals surface area contributed by atoms with E-state index < -0.39 is 0 Å². The normalized spacial score (nSPS) is 19.8. The third-order valence-electron chi connectivity index (χ3n) is 3.41. The fraction of sp³-hybridized carbons (Fsp3) is 0.308. The molecule has 2 amide bonds. The Morgan fingerprint density at radius 1 is 1.42 bits per heavy atom. The molecule has 0 aliphatic carbocycles. The molecule has 1 aromatic heterocycles. The van der Waals surface area contributed by atoms with Gasteiger partial charge in [0, 0.05) is 22.4 Å². The summed E-state index contributed by atoms with van der Waals surface area (Å²) < 4.78 is 2.90. The number of carbonyl (C=O) groups is 2.